The Morgan fingerprint density at radius 2 is 1.78 bits per heavy atom. The average Bonchev–Trinajstić information content (AvgIpc) is 2.82. The summed E-state index contributed by atoms with van der Waals surface area (Å²) in [6, 6.07) is 18.5. The number of anilines is 1. The van der Waals surface area contributed by atoms with Gasteiger partial charge in [-0.3, -0.25) is 0 Å². The number of methoxy groups -OCH3 is 1. The van der Waals surface area contributed by atoms with Crippen molar-refractivity contribution in [1.29, 1.82) is 0 Å². The van der Waals surface area contributed by atoms with Crippen LogP contribution in [-0.4, -0.2) is 43.7 Å². The monoisotopic (exact) mass is 435 g/mol. The molecular weight excluding hydrogens is 398 g/mol. The van der Waals surface area contributed by atoms with Gasteiger partial charge < -0.3 is 20.3 Å². The van der Waals surface area contributed by atoms with E-state index in [4.69, 9.17) is 4.74 Å². The highest BCUT2D eigenvalue weighted by atomic mass is 16.5. The smallest absolute Gasteiger partial charge is 0.319 e. The maximum Gasteiger partial charge on any atom is 0.319 e. The van der Waals surface area contributed by atoms with Crippen molar-refractivity contribution in [3.05, 3.63) is 60.2 Å². The Morgan fingerprint density at radius 1 is 1.00 bits per heavy atom. The maximum atomic E-state index is 12.7. The lowest BCUT2D eigenvalue weighted by Gasteiger charge is -2.39. The van der Waals surface area contributed by atoms with E-state index in [0.29, 0.717) is 5.92 Å². The number of rotatable bonds is 7. The molecule has 0 spiro atoms. The first kappa shape index (κ1) is 22.7. The van der Waals surface area contributed by atoms with Crippen LogP contribution in [0.25, 0.3) is 0 Å². The number of nitrogens with one attached hydrogen (secondary N) is 2. The second-order valence-corrected chi connectivity index (χ2v) is 9.42. The molecule has 2 atom stereocenters. The number of carbonyl (C=O) groups is 1. The second kappa shape index (κ2) is 11.4. The third-order valence-corrected chi connectivity index (χ3v) is 7.12. The van der Waals surface area contributed by atoms with Gasteiger partial charge in [0.15, 0.2) is 0 Å². The maximum absolute atomic E-state index is 12.7. The van der Waals surface area contributed by atoms with E-state index in [2.05, 4.69) is 45.9 Å². The van der Waals surface area contributed by atoms with Crippen LogP contribution in [0.3, 0.4) is 0 Å². The number of amides is 2. The molecule has 1 heterocycles. The third kappa shape index (κ3) is 6.49. The minimum atomic E-state index is -0.114. The number of hydrogen-bond donors (Lipinski definition) is 2. The van der Waals surface area contributed by atoms with E-state index in [1.54, 1.807) is 7.11 Å². The molecule has 2 fully saturated rings. The number of ether oxygens (including phenoxy) is 1. The molecule has 1 aliphatic heterocycles. The van der Waals surface area contributed by atoms with Crippen molar-refractivity contribution in [3.8, 4) is 5.75 Å². The lowest BCUT2D eigenvalue weighted by atomic mass is 9.83. The highest BCUT2D eigenvalue weighted by molar-refractivity contribution is 5.89. The van der Waals surface area contributed by atoms with E-state index < -0.39 is 0 Å². The summed E-state index contributed by atoms with van der Waals surface area (Å²) < 4.78 is 5.25. The fourth-order valence-electron chi connectivity index (χ4n) is 5.30. The van der Waals surface area contributed by atoms with Crippen molar-refractivity contribution < 1.29 is 9.53 Å². The second-order valence-electron chi connectivity index (χ2n) is 9.42. The molecule has 32 heavy (non-hydrogen) atoms. The van der Waals surface area contributed by atoms with Gasteiger partial charge in [0.05, 0.1) is 7.11 Å². The summed E-state index contributed by atoms with van der Waals surface area (Å²) in [5, 5.41) is 6.24. The Hall–Kier alpha value is -2.53. The predicted molar refractivity (Wildman–Crippen MR) is 130 cm³/mol. The number of piperidine rings is 1. The van der Waals surface area contributed by atoms with E-state index in [1.165, 1.54) is 57.2 Å². The first-order valence-electron chi connectivity index (χ1n) is 12.2. The third-order valence-electron chi connectivity index (χ3n) is 7.12. The first-order valence-corrected chi connectivity index (χ1v) is 12.2. The van der Waals surface area contributed by atoms with Gasteiger partial charge in [0.25, 0.3) is 0 Å². The molecule has 1 saturated carbocycles. The first-order chi connectivity index (χ1) is 15.7. The number of urea groups is 1. The lowest BCUT2D eigenvalue weighted by molar-refractivity contribution is 0.130. The van der Waals surface area contributed by atoms with Crippen LogP contribution in [0.2, 0.25) is 0 Å². The molecular formula is C27H37N3O2. The van der Waals surface area contributed by atoms with Crippen LogP contribution in [0.5, 0.6) is 5.75 Å². The molecule has 2 N–H and O–H groups in total. The molecule has 0 radical (unpaired) electrons. The molecule has 172 valence electrons. The fourth-order valence-corrected chi connectivity index (χ4v) is 5.30. The van der Waals surface area contributed by atoms with Crippen LogP contribution in [0.15, 0.2) is 54.6 Å². The molecule has 0 unspecified atom stereocenters. The normalized spacial score (nSPS) is 22.3. The Morgan fingerprint density at radius 3 is 2.56 bits per heavy atom. The number of carbonyl (C=O) groups excluding carboxylic acids is 1. The van der Waals surface area contributed by atoms with Gasteiger partial charge in [-0.25, -0.2) is 4.79 Å². The molecule has 0 bridgehead atoms. The Kier molecular flexibility index (Phi) is 8.05. The number of benzene rings is 2. The molecule has 2 amide bonds. The minimum absolute atomic E-state index is 0.114. The van der Waals surface area contributed by atoms with E-state index >= 15 is 0 Å². The van der Waals surface area contributed by atoms with Crippen molar-refractivity contribution in [3.63, 3.8) is 0 Å². The van der Waals surface area contributed by atoms with Gasteiger partial charge in [0.1, 0.15) is 5.75 Å². The average molecular weight is 436 g/mol. The zero-order chi connectivity index (χ0) is 22.2. The molecule has 2 aromatic carbocycles. The van der Waals surface area contributed by atoms with E-state index in [1.807, 2.05) is 24.3 Å². The summed E-state index contributed by atoms with van der Waals surface area (Å²) in [5.74, 6) is 2.07. The summed E-state index contributed by atoms with van der Waals surface area (Å²) in [6.07, 6.45) is 8.48. The Labute approximate surface area is 192 Å². The zero-order valence-electron chi connectivity index (χ0n) is 19.3. The number of nitrogens with zero attached hydrogens (tertiary/aromatic N) is 1. The van der Waals surface area contributed by atoms with E-state index in [0.717, 1.165) is 30.3 Å². The van der Waals surface area contributed by atoms with Crippen molar-refractivity contribution in [2.24, 2.45) is 11.8 Å². The van der Waals surface area contributed by atoms with Crippen molar-refractivity contribution in [2.75, 3.05) is 32.1 Å². The highest BCUT2D eigenvalue weighted by Crippen LogP contribution is 2.28. The summed E-state index contributed by atoms with van der Waals surface area (Å²) >= 11 is 0. The number of hydrogen-bond acceptors (Lipinski definition) is 3. The molecule has 5 heteroatoms. The molecule has 4 rings (SSSR count). The number of likely N-dealkylation sites (tertiary alicyclic amines) is 1. The van der Waals surface area contributed by atoms with Gasteiger partial charge in [-0.15, -0.1) is 0 Å². The van der Waals surface area contributed by atoms with Gasteiger partial charge in [-0.05, 0) is 74.7 Å². The van der Waals surface area contributed by atoms with Crippen LogP contribution in [0, 0.1) is 11.8 Å². The predicted octanol–water partition coefficient (Wildman–Crippen LogP) is 5.33. The summed E-state index contributed by atoms with van der Waals surface area (Å²) in [7, 11) is 1.64. The largest absolute Gasteiger partial charge is 0.497 e. The van der Waals surface area contributed by atoms with Crippen molar-refractivity contribution in [2.45, 2.75) is 51.0 Å². The van der Waals surface area contributed by atoms with E-state index in [-0.39, 0.29) is 12.1 Å². The van der Waals surface area contributed by atoms with Gasteiger partial charge in [-0.1, -0.05) is 49.2 Å². The van der Waals surface area contributed by atoms with Gasteiger partial charge in [0, 0.05) is 24.3 Å². The standard InChI is InChI=1S/C27H37N3O2/c1-32-25-12-7-11-24(19-25)28-27(31)29-26-13-6-5-10-23(26)20-30-16-14-22(15-17-30)18-21-8-3-2-4-9-21/h2-4,7-9,11-12,19,22-23,26H,5-6,10,13-18,20H2,1H3,(H2,28,29,31)/t23-,26-/m0/s1. The zero-order valence-corrected chi connectivity index (χ0v) is 19.3. The minimum Gasteiger partial charge on any atom is -0.497 e. The Balaban J connectivity index is 1.25. The van der Waals surface area contributed by atoms with Crippen LogP contribution >= 0.6 is 0 Å². The molecule has 5 nitrogen and oxygen atoms in total. The summed E-state index contributed by atoms with van der Waals surface area (Å²) in [4.78, 5) is 15.3. The molecule has 1 aliphatic carbocycles. The summed E-state index contributed by atoms with van der Waals surface area (Å²) in [6.45, 7) is 3.45. The van der Waals surface area contributed by atoms with Gasteiger partial charge in [-0.2, -0.15) is 0 Å². The highest BCUT2D eigenvalue weighted by Gasteiger charge is 2.29. The van der Waals surface area contributed by atoms with Crippen LogP contribution in [0.4, 0.5) is 10.5 Å². The SMILES string of the molecule is COc1cccc(NC(=O)N[C@H]2CCCC[C@H]2CN2CCC(Cc3ccccc3)CC2)c1. The topological polar surface area (TPSA) is 53.6 Å². The van der Waals surface area contributed by atoms with Gasteiger partial charge in [0.2, 0.25) is 0 Å². The van der Waals surface area contributed by atoms with Crippen LogP contribution in [0.1, 0.15) is 44.1 Å². The van der Waals surface area contributed by atoms with Crippen molar-refractivity contribution >= 4 is 11.7 Å². The Bertz CT molecular complexity index is 849. The van der Waals surface area contributed by atoms with Crippen LogP contribution in [-0.2, 0) is 6.42 Å². The summed E-state index contributed by atoms with van der Waals surface area (Å²) in [5.41, 5.74) is 2.22. The van der Waals surface area contributed by atoms with E-state index in [9.17, 15) is 4.79 Å². The quantitative estimate of drug-likeness (QED) is 0.618. The van der Waals surface area contributed by atoms with Crippen molar-refractivity contribution in [1.82, 2.24) is 10.2 Å². The molecule has 2 aromatic rings. The molecule has 2 aliphatic rings. The van der Waals surface area contributed by atoms with Crippen LogP contribution < -0.4 is 15.4 Å². The van der Waals surface area contributed by atoms with Gasteiger partial charge >= 0.3 is 6.03 Å². The molecule has 1 saturated heterocycles. The fraction of sp³-hybridized carbons (Fsp3) is 0.519. The molecule has 0 aromatic heterocycles. The lowest BCUT2D eigenvalue weighted by Crippen LogP contribution is -2.48.